The molecule has 0 saturated heterocycles. The second-order valence-electron chi connectivity index (χ2n) is 12.8. The normalized spacial score (nSPS) is 11.5. The Labute approximate surface area is 299 Å². The molecule has 0 N–H and O–H groups in total. The summed E-state index contributed by atoms with van der Waals surface area (Å²) in [5.74, 6) is 2.00. The summed E-state index contributed by atoms with van der Waals surface area (Å²) in [7, 11) is 0. The quantitative estimate of drug-likeness (QED) is 0.171. The van der Waals surface area contributed by atoms with Crippen LogP contribution in [0.2, 0.25) is 0 Å². The van der Waals surface area contributed by atoms with Crippen LogP contribution in [0.4, 0.5) is 0 Å². The molecule has 2 heterocycles. The van der Waals surface area contributed by atoms with Gasteiger partial charge in [-0.15, -0.1) is 11.3 Å². The third kappa shape index (κ3) is 5.16. The molecule has 0 unspecified atom stereocenters. The Morgan fingerprint density at radius 2 is 0.784 bits per heavy atom. The molecule has 51 heavy (non-hydrogen) atoms. The van der Waals surface area contributed by atoms with E-state index >= 15 is 0 Å². The topological polar surface area (TPSA) is 38.7 Å². The molecule has 2 aromatic heterocycles. The summed E-state index contributed by atoms with van der Waals surface area (Å²) >= 11 is 1.71. The summed E-state index contributed by atoms with van der Waals surface area (Å²) in [4.78, 5) is 16.3. The Hall–Kier alpha value is -6.49. The summed E-state index contributed by atoms with van der Waals surface area (Å²) in [5, 5.41) is 8.48. The summed E-state index contributed by atoms with van der Waals surface area (Å²) < 4.78 is 1.21. The van der Waals surface area contributed by atoms with Gasteiger partial charge in [0.15, 0.2) is 17.5 Å². The van der Waals surface area contributed by atoms with Crippen molar-refractivity contribution in [2.24, 2.45) is 0 Å². The van der Waals surface area contributed by atoms with E-state index in [4.69, 9.17) is 15.0 Å². The van der Waals surface area contributed by atoms with Crippen molar-refractivity contribution in [3.05, 3.63) is 176 Å². The molecule has 10 rings (SSSR count). The van der Waals surface area contributed by atoms with Crippen molar-refractivity contribution in [1.29, 1.82) is 0 Å². The van der Waals surface area contributed by atoms with Gasteiger partial charge in [-0.05, 0) is 78.2 Å². The monoisotopic (exact) mass is 667 g/mol. The highest BCUT2D eigenvalue weighted by Crippen LogP contribution is 2.44. The molecule has 0 amide bonds. The lowest BCUT2D eigenvalue weighted by Gasteiger charge is -2.17. The molecule has 0 radical (unpaired) electrons. The van der Waals surface area contributed by atoms with Gasteiger partial charge >= 0.3 is 0 Å². The van der Waals surface area contributed by atoms with Crippen LogP contribution in [0.25, 0.3) is 98.1 Å². The average molecular weight is 668 g/mol. The SMILES string of the molecule is c1ccc(-c2c3ccccc3c(-c3ccc(-c4nc(-c5ccc6ccccc6c5)nc(-c5cc6ccccc6s5)n4)cc3)c3ccccc23)cc1. The number of nitrogens with zero attached hydrogens (tertiary/aromatic N) is 3. The maximum Gasteiger partial charge on any atom is 0.174 e. The maximum atomic E-state index is 5.09. The van der Waals surface area contributed by atoms with E-state index in [1.807, 2.05) is 0 Å². The Kier molecular flexibility index (Phi) is 7.00. The van der Waals surface area contributed by atoms with Gasteiger partial charge in [0.25, 0.3) is 0 Å². The molecule has 4 heteroatoms. The Morgan fingerprint density at radius 3 is 1.43 bits per heavy atom. The molecule has 0 aliphatic rings. The Morgan fingerprint density at radius 1 is 0.314 bits per heavy atom. The number of benzene rings is 8. The minimum Gasteiger partial charge on any atom is -0.208 e. The Balaban J connectivity index is 1.14. The zero-order valence-corrected chi connectivity index (χ0v) is 28.3. The van der Waals surface area contributed by atoms with Crippen LogP contribution in [-0.4, -0.2) is 15.0 Å². The lowest BCUT2D eigenvalue weighted by Crippen LogP contribution is -1.99. The van der Waals surface area contributed by atoms with E-state index in [1.165, 1.54) is 53.7 Å². The molecule has 0 spiro atoms. The van der Waals surface area contributed by atoms with Crippen molar-refractivity contribution in [2.45, 2.75) is 0 Å². The van der Waals surface area contributed by atoms with Crippen molar-refractivity contribution in [2.75, 3.05) is 0 Å². The number of rotatable bonds is 5. The highest BCUT2D eigenvalue weighted by Gasteiger charge is 2.18. The van der Waals surface area contributed by atoms with Crippen LogP contribution in [0.1, 0.15) is 0 Å². The molecule has 3 nitrogen and oxygen atoms in total. The van der Waals surface area contributed by atoms with Crippen molar-refractivity contribution in [3.63, 3.8) is 0 Å². The highest BCUT2D eigenvalue weighted by molar-refractivity contribution is 7.22. The zero-order chi connectivity index (χ0) is 33.7. The minimum atomic E-state index is 0.654. The largest absolute Gasteiger partial charge is 0.208 e. The molecule has 10 aromatic rings. The van der Waals surface area contributed by atoms with Gasteiger partial charge < -0.3 is 0 Å². The predicted molar refractivity (Wildman–Crippen MR) is 215 cm³/mol. The fourth-order valence-corrected chi connectivity index (χ4v) is 8.30. The average Bonchev–Trinajstić information content (AvgIpc) is 3.65. The molecule has 0 aliphatic heterocycles. The minimum absolute atomic E-state index is 0.654. The number of aromatic nitrogens is 3. The molecule has 0 bridgehead atoms. The first-order valence-electron chi connectivity index (χ1n) is 17.1. The van der Waals surface area contributed by atoms with Gasteiger partial charge in [-0.2, -0.15) is 0 Å². The lowest BCUT2D eigenvalue weighted by atomic mass is 9.86. The van der Waals surface area contributed by atoms with Crippen molar-refractivity contribution >= 4 is 53.7 Å². The number of hydrogen-bond donors (Lipinski definition) is 0. The van der Waals surface area contributed by atoms with Gasteiger partial charge in [-0.1, -0.05) is 158 Å². The predicted octanol–water partition coefficient (Wildman–Crippen LogP) is 12.9. The van der Waals surface area contributed by atoms with E-state index in [2.05, 4.69) is 176 Å². The van der Waals surface area contributed by atoms with Crippen LogP contribution in [0.15, 0.2) is 176 Å². The zero-order valence-electron chi connectivity index (χ0n) is 27.5. The first-order valence-corrected chi connectivity index (χ1v) is 17.9. The second-order valence-corrected chi connectivity index (χ2v) is 13.9. The third-order valence-corrected chi connectivity index (χ3v) is 10.8. The molecule has 0 fully saturated rings. The Bertz CT molecular complexity index is 2820. The van der Waals surface area contributed by atoms with E-state index in [9.17, 15) is 0 Å². The van der Waals surface area contributed by atoms with E-state index in [0.29, 0.717) is 17.5 Å². The maximum absolute atomic E-state index is 5.09. The molecular formula is C47H29N3S. The number of fused-ring (bicyclic) bond motifs is 4. The first kappa shape index (κ1) is 29.4. The smallest absolute Gasteiger partial charge is 0.174 e. The second kappa shape index (κ2) is 12.1. The molecule has 8 aromatic carbocycles. The summed E-state index contributed by atoms with van der Waals surface area (Å²) in [6.07, 6.45) is 0. The van der Waals surface area contributed by atoms with E-state index in [-0.39, 0.29) is 0 Å². The fourth-order valence-electron chi connectivity index (χ4n) is 7.31. The van der Waals surface area contributed by atoms with Crippen LogP contribution in [0.3, 0.4) is 0 Å². The van der Waals surface area contributed by atoms with E-state index in [1.54, 1.807) is 11.3 Å². The van der Waals surface area contributed by atoms with Crippen LogP contribution in [0, 0.1) is 0 Å². The van der Waals surface area contributed by atoms with Crippen molar-refractivity contribution in [1.82, 2.24) is 15.0 Å². The summed E-state index contributed by atoms with van der Waals surface area (Å²) in [5.41, 5.74) is 6.78. The summed E-state index contributed by atoms with van der Waals surface area (Å²) in [6, 6.07) is 62.4. The molecular weight excluding hydrogens is 639 g/mol. The lowest BCUT2D eigenvalue weighted by molar-refractivity contribution is 1.08. The van der Waals surface area contributed by atoms with Crippen LogP contribution in [-0.2, 0) is 0 Å². The molecule has 0 aliphatic carbocycles. The van der Waals surface area contributed by atoms with Crippen LogP contribution >= 0.6 is 11.3 Å². The van der Waals surface area contributed by atoms with E-state index in [0.717, 1.165) is 27.0 Å². The standard InChI is InChI=1S/C47H29N3S/c1-2-13-31(14-3-1)43-37-17-7-9-19-39(37)44(40-20-10-8-18-38(40)43)32-23-25-33(26-24-32)45-48-46(36-27-22-30-12-4-5-15-34(30)28-36)50-47(49-45)42-29-35-16-6-11-21-41(35)51-42/h1-29H. The van der Waals surface area contributed by atoms with Crippen molar-refractivity contribution in [3.8, 4) is 55.7 Å². The van der Waals surface area contributed by atoms with Crippen molar-refractivity contribution < 1.29 is 0 Å². The van der Waals surface area contributed by atoms with Crippen LogP contribution < -0.4 is 0 Å². The molecule has 0 atom stereocenters. The number of hydrogen-bond acceptors (Lipinski definition) is 4. The first-order chi connectivity index (χ1) is 25.3. The van der Waals surface area contributed by atoms with Gasteiger partial charge in [0, 0.05) is 15.8 Å². The van der Waals surface area contributed by atoms with Gasteiger partial charge in [0.05, 0.1) is 4.88 Å². The number of thiophene rings is 1. The molecule has 0 saturated carbocycles. The van der Waals surface area contributed by atoms with Gasteiger partial charge in [0.1, 0.15) is 0 Å². The summed E-state index contributed by atoms with van der Waals surface area (Å²) in [6.45, 7) is 0. The molecule has 238 valence electrons. The van der Waals surface area contributed by atoms with Gasteiger partial charge in [-0.3, -0.25) is 0 Å². The van der Waals surface area contributed by atoms with Gasteiger partial charge in [0.2, 0.25) is 0 Å². The third-order valence-electron chi connectivity index (χ3n) is 9.71. The highest BCUT2D eigenvalue weighted by atomic mass is 32.1. The van der Waals surface area contributed by atoms with E-state index < -0.39 is 0 Å². The van der Waals surface area contributed by atoms with Crippen LogP contribution in [0.5, 0.6) is 0 Å². The van der Waals surface area contributed by atoms with Gasteiger partial charge in [-0.25, -0.2) is 15.0 Å². The fraction of sp³-hybridized carbons (Fsp3) is 0.